The first-order chi connectivity index (χ1) is 10.7. The highest BCUT2D eigenvalue weighted by molar-refractivity contribution is 5.95. The molecule has 0 radical (unpaired) electrons. The van der Waals surface area contributed by atoms with E-state index >= 15 is 0 Å². The fourth-order valence-corrected chi connectivity index (χ4v) is 3.22. The van der Waals surface area contributed by atoms with Crippen molar-refractivity contribution < 1.29 is 14.3 Å². The second kappa shape index (κ2) is 7.79. The van der Waals surface area contributed by atoms with Crippen molar-refractivity contribution in [1.82, 2.24) is 10.2 Å². The average molecular weight is 339 g/mol. The molecule has 2 heterocycles. The molecule has 23 heavy (non-hydrogen) atoms. The Morgan fingerprint density at radius 3 is 2.87 bits per heavy atom. The second-order valence-electron chi connectivity index (χ2n) is 5.93. The normalized spacial score (nSPS) is 19.7. The molecule has 2 aliphatic heterocycles. The molecule has 1 atom stereocenters. The highest BCUT2D eigenvalue weighted by atomic mass is 35.5. The molecule has 0 aliphatic carbocycles. The summed E-state index contributed by atoms with van der Waals surface area (Å²) in [6.07, 6.45) is 1.65. The van der Waals surface area contributed by atoms with E-state index in [-0.39, 0.29) is 30.2 Å². The molecular weight excluding hydrogens is 316 g/mol. The Kier molecular flexibility index (Phi) is 6.02. The quantitative estimate of drug-likeness (QED) is 0.858. The van der Waals surface area contributed by atoms with E-state index in [9.17, 15) is 9.59 Å². The van der Waals surface area contributed by atoms with Crippen LogP contribution in [0.2, 0.25) is 0 Å². The van der Waals surface area contributed by atoms with Crippen molar-refractivity contribution in [3.05, 3.63) is 34.9 Å². The predicted molar refractivity (Wildman–Crippen MR) is 89.5 cm³/mol. The van der Waals surface area contributed by atoms with E-state index in [1.165, 1.54) is 11.1 Å². The van der Waals surface area contributed by atoms with E-state index in [1.54, 1.807) is 4.90 Å². The number of ether oxygens (including phenoxy) is 1. The number of fused-ring (bicyclic) bond motifs is 1. The summed E-state index contributed by atoms with van der Waals surface area (Å²) in [6, 6.07) is 5.89. The highest BCUT2D eigenvalue weighted by Crippen LogP contribution is 2.22. The summed E-state index contributed by atoms with van der Waals surface area (Å²) in [5, 5.41) is 3.28. The maximum Gasteiger partial charge on any atom is 0.310 e. The summed E-state index contributed by atoms with van der Waals surface area (Å²) in [5.74, 6) is -0.351. The Labute approximate surface area is 142 Å². The molecule has 0 saturated carbocycles. The number of halogens is 1. The Balaban J connectivity index is 0.00000192. The number of benzene rings is 1. The zero-order valence-corrected chi connectivity index (χ0v) is 14.2. The van der Waals surface area contributed by atoms with Gasteiger partial charge in [-0.15, -0.1) is 12.4 Å². The molecule has 6 heteroatoms. The van der Waals surface area contributed by atoms with E-state index in [4.69, 9.17) is 4.74 Å². The predicted octanol–water partition coefficient (Wildman–Crippen LogP) is 2.13. The minimum atomic E-state index is -0.186. The number of nitrogens with zero attached hydrogens (tertiary/aromatic N) is 1. The number of esters is 1. The molecule has 1 amide bonds. The van der Waals surface area contributed by atoms with Gasteiger partial charge in [0.25, 0.3) is 5.91 Å². The fourth-order valence-electron chi connectivity index (χ4n) is 3.22. The van der Waals surface area contributed by atoms with Gasteiger partial charge in [0.1, 0.15) is 0 Å². The Morgan fingerprint density at radius 2 is 2.09 bits per heavy atom. The Bertz CT molecular complexity index is 591. The van der Waals surface area contributed by atoms with Gasteiger partial charge in [-0.25, -0.2) is 0 Å². The van der Waals surface area contributed by atoms with Gasteiger partial charge >= 0.3 is 5.97 Å². The molecule has 2 aliphatic rings. The number of hydrogen-bond acceptors (Lipinski definition) is 4. The van der Waals surface area contributed by atoms with Crippen molar-refractivity contribution in [2.24, 2.45) is 5.92 Å². The lowest BCUT2D eigenvalue weighted by atomic mass is 9.97. The number of likely N-dealkylation sites (tertiary alicyclic amines) is 1. The first-order valence-electron chi connectivity index (χ1n) is 7.97. The van der Waals surface area contributed by atoms with E-state index in [0.717, 1.165) is 25.9 Å². The van der Waals surface area contributed by atoms with Crippen LogP contribution >= 0.6 is 12.4 Å². The SMILES string of the molecule is CCOC(=O)C1CCCN(C(=O)c2ccc3c(c2)CNC3)C1.Cl. The van der Waals surface area contributed by atoms with Crippen LogP contribution in [0, 0.1) is 5.92 Å². The van der Waals surface area contributed by atoms with Gasteiger partial charge in [-0.2, -0.15) is 0 Å². The van der Waals surface area contributed by atoms with Crippen LogP contribution in [0.15, 0.2) is 18.2 Å². The van der Waals surface area contributed by atoms with Crippen molar-refractivity contribution in [1.29, 1.82) is 0 Å². The van der Waals surface area contributed by atoms with Gasteiger partial charge < -0.3 is 15.0 Å². The van der Waals surface area contributed by atoms with E-state index < -0.39 is 0 Å². The maximum absolute atomic E-state index is 12.7. The third-order valence-corrected chi connectivity index (χ3v) is 4.41. The van der Waals surface area contributed by atoms with E-state index in [0.29, 0.717) is 25.3 Å². The molecule has 0 aromatic heterocycles. The molecule has 0 bridgehead atoms. The summed E-state index contributed by atoms with van der Waals surface area (Å²) in [7, 11) is 0. The molecule has 1 saturated heterocycles. The molecular formula is C17H23ClN2O3. The minimum Gasteiger partial charge on any atom is -0.466 e. The first-order valence-corrected chi connectivity index (χ1v) is 7.97. The van der Waals surface area contributed by atoms with Gasteiger partial charge in [0.15, 0.2) is 0 Å². The molecule has 0 spiro atoms. The van der Waals surface area contributed by atoms with Crippen molar-refractivity contribution >= 4 is 24.3 Å². The third kappa shape index (κ3) is 3.85. The second-order valence-corrected chi connectivity index (χ2v) is 5.93. The number of carbonyl (C=O) groups excluding carboxylic acids is 2. The lowest BCUT2D eigenvalue weighted by Crippen LogP contribution is -2.42. The van der Waals surface area contributed by atoms with Crippen LogP contribution in [0.5, 0.6) is 0 Å². The molecule has 1 aromatic carbocycles. The van der Waals surface area contributed by atoms with Crippen LogP contribution in [0.4, 0.5) is 0 Å². The smallest absolute Gasteiger partial charge is 0.310 e. The molecule has 5 nitrogen and oxygen atoms in total. The summed E-state index contributed by atoms with van der Waals surface area (Å²) in [6.45, 7) is 5.07. The molecule has 1 aromatic rings. The summed E-state index contributed by atoms with van der Waals surface area (Å²) < 4.78 is 5.09. The number of piperidine rings is 1. The Hall–Kier alpha value is -1.59. The van der Waals surface area contributed by atoms with Gasteiger partial charge in [0.05, 0.1) is 12.5 Å². The number of amides is 1. The molecule has 1 unspecified atom stereocenters. The maximum atomic E-state index is 12.7. The molecule has 1 N–H and O–H groups in total. The number of nitrogens with one attached hydrogen (secondary N) is 1. The Morgan fingerprint density at radius 1 is 1.30 bits per heavy atom. The average Bonchev–Trinajstić information content (AvgIpc) is 3.02. The van der Waals surface area contributed by atoms with E-state index in [2.05, 4.69) is 5.32 Å². The largest absolute Gasteiger partial charge is 0.466 e. The van der Waals surface area contributed by atoms with Crippen LogP contribution in [0.1, 0.15) is 41.3 Å². The van der Waals surface area contributed by atoms with Crippen LogP contribution < -0.4 is 5.32 Å². The first kappa shape index (κ1) is 17.8. The molecule has 1 fully saturated rings. The topological polar surface area (TPSA) is 58.6 Å². The van der Waals surface area contributed by atoms with Crippen LogP contribution in [-0.4, -0.2) is 36.5 Å². The van der Waals surface area contributed by atoms with Gasteiger partial charge in [0, 0.05) is 31.7 Å². The molecule has 126 valence electrons. The number of rotatable bonds is 3. The van der Waals surface area contributed by atoms with Gasteiger partial charge in [-0.1, -0.05) is 6.07 Å². The third-order valence-electron chi connectivity index (χ3n) is 4.41. The van der Waals surface area contributed by atoms with Crippen molar-refractivity contribution in [3.8, 4) is 0 Å². The zero-order valence-electron chi connectivity index (χ0n) is 13.3. The lowest BCUT2D eigenvalue weighted by molar-refractivity contribution is -0.149. The van der Waals surface area contributed by atoms with Crippen molar-refractivity contribution in [2.75, 3.05) is 19.7 Å². The van der Waals surface area contributed by atoms with Gasteiger partial charge in [-0.05, 0) is 43.0 Å². The van der Waals surface area contributed by atoms with Crippen molar-refractivity contribution in [3.63, 3.8) is 0 Å². The van der Waals surface area contributed by atoms with Crippen LogP contribution in [-0.2, 0) is 22.6 Å². The monoisotopic (exact) mass is 338 g/mol. The van der Waals surface area contributed by atoms with Crippen molar-refractivity contribution in [2.45, 2.75) is 32.9 Å². The summed E-state index contributed by atoms with van der Waals surface area (Å²) in [4.78, 5) is 26.4. The van der Waals surface area contributed by atoms with Gasteiger partial charge in [-0.3, -0.25) is 9.59 Å². The fraction of sp³-hybridized carbons (Fsp3) is 0.529. The lowest BCUT2D eigenvalue weighted by Gasteiger charge is -2.31. The zero-order chi connectivity index (χ0) is 15.5. The summed E-state index contributed by atoms with van der Waals surface area (Å²) >= 11 is 0. The molecule has 3 rings (SSSR count). The van der Waals surface area contributed by atoms with Crippen LogP contribution in [0.25, 0.3) is 0 Å². The van der Waals surface area contributed by atoms with E-state index in [1.807, 2.05) is 25.1 Å². The summed E-state index contributed by atoms with van der Waals surface area (Å²) in [5.41, 5.74) is 3.18. The van der Waals surface area contributed by atoms with Gasteiger partial charge in [0.2, 0.25) is 0 Å². The standard InChI is InChI=1S/C17H22N2O3.ClH/c1-2-22-17(21)14-4-3-7-19(11-14)16(20)12-5-6-13-9-18-10-15(13)8-12;/h5-6,8,14,18H,2-4,7,9-11H2,1H3;1H. The number of carbonyl (C=O) groups is 2. The highest BCUT2D eigenvalue weighted by Gasteiger charge is 2.30. The van der Waals surface area contributed by atoms with Crippen LogP contribution in [0.3, 0.4) is 0 Å². The number of hydrogen-bond donors (Lipinski definition) is 1. The minimum absolute atomic E-state index is 0.